The molecule has 0 saturated carbocycles. The highest BCUT2D eigenvalue weighted by atomic mass is 16.2. The summed E-state index contributed by atoms with van der Waals surface area (Å²) in [6.07, 6.45) is 8.79. The fourth-order valence-electron chi connectivity index (χ4n) is 3.49. The Balaban J connectivity index is 1.50. The Morgan fingerprint density at radius 2 is 1.64 bits per heavy atom. The van der Waals surface area contributed by atoms with Crippen molar-refractivity contribution < 1.29 is 9.69 Å². The van der Waals surface area contributed by atoms with Gasteiger partial charge >= 0.3 is 0 Å². The van der Waals surface area contributed by atoms with Crippen LogP contribution in [0.5, 0.6) is 0 Å². The summed E-state index contributed by atoms with van der Waals surface area (Å²) in [6.45, 7) is 6.28. The Labute approximate surface area is 151 Å². The molecule has 2 aliphatic rings. The SMILES string of the molecule is C[NH+]1CCN(NC(=O)/C=C/c2ccc(N3CCCCCC3)cc2)CC1. The van der Waals surface area contributed by atoms with Gasteiger partial charge in [0.25, 0.3) is 5.91 Å². The average molecular weight is 343 g/mol. The third-order valence-electron chi connectivity index (χ3n) is 5.18. The first-order valence-electron chi connectivity index (χ1n) is 9.61. The Morgan fingerprint density at radius 3 is 2.28 bits per heavy atom. The van der Waals surface area contributed by atoms with Crippen LogP contribution in [0.25, 0.3) is 6.08 Å². The number of hydrogen-bond donors (Lipinski definition) is 2. The summed E-state index contributed by atoms with van der Waals surface area (Å²) in [6, 6.07) is 8.55. The molecule has 0 aliphatic carbocycles. The predicted molar refractivity (Wildman–Crippen MR) is 102 cm³/mol. The topological polar surface area (TPSA) is 40.0 Å². The molecule has 0 unspecified atom stereocenters. The van der Waals surface area contributed by atoms with Crippen molar-refractivity contribution in [3.63, 3.8) is 0 Å². The molecule has 5 heteroatoms. The number of piperazine rings is 1. The van der Waals surface area contributed by atoms with Gasteiger partial charge in [0.1, 0.15) is 0 Å². The standard InChI is InChI=1S/C20H30N4O/c1-22-14-16-24(17-15-22)21-20(25)11-8-18-6-9-19(10-7-18)23-12-4-2-3-5-13-23/h6-11H,2-5,12-17H2,1H3,(H,21,25)/p+1/b11-8+. The molecule has 2 N–H and O–H groups in total. The summed E-state index contributed by atoms with van der Waals surface area (Å²) in [7, 11) is 2.19. The van der Waals surface area contributed by atoms with Gasteiger partial charge < -0.3 is 9.80 Å². The maximum Gasteiger partial charge on any atom is 0.258 e. The van der Waals surface area contributed by atoms with E-state index >= 15 is 0 Å². The van der Waals surface area contributed by atoms with E-state index in [4.69, 9.17) is 0 Å². The Hall–Kier alpha value is -1.85. The molecule has 1 amide bonds. The van der Waals surface area contributed by atoms with Crippen molar-refractivity contribution in [1.29, 1.82) is 0 Å². The summed E-state index contributed by atoms with van der Waals surface area (Å²) in [5.74, 6) is -0.0452. The summed E-state index contributed by atoms with van der Waals surface area (Å²) >= 11 is 0. The number of hydrazine groups is 1. The fraction of sp³-hybridized carbons (Fsp3) is 0.550. The molecule has 2 aliphatic heterocycles. The van der Waals surface area contributed by atoms with Gasteiger partial charge in [-0.25, -0.2) is 5.01 Å². The van der Waals surface area contributed by atoms with Gasteiger partial charge in [-0.15, -0.1) is 0 Å². The predicted octanol–water partition coefficient (Wildman–Crippen LogP) is 0.942. The largest absolute Gasteiger partial charge is 0.372 e. The molecule has 0 bridgehead atoms. The molecule has 5 nitrogen and oxygen atoms in total. The maximum absolute atomic E-state index is 12.1. The molecule has 0 radical (unpaired) electrons. The van der Waals surface area contributed by atoms with Gasteiger partial charge in [0.2, 0.25) is 0 Å². The molecule has 0 spiro atoms. The van der Waals surface area contributed by atoms with E-state index in [9.17, 15) is 4.79 Å². The summed E-state index contributed by atoms with van der Waals surface area (Å²) in [5.41, 5.74) is 5.33. The van der Waals surface area contributed by atoms with Crippen LogP contribution < -0.4 is 15.2 Å². The first-order chi connectivity index (χ1) is 12.2. The van der Waals surface area contributed by atoms with Crippen molar-refractivity contribution in [2.24, 2.45) is 0 Å². The van der Waals surface area contributed by atoms with Crippen LogP contribution in [0.15, 0.2) is 30.3 Å². The van der Waals surface area contributed by atoms with Crippen LogP contribution in [0.2, 0.25) is 0 Å². The minimum absolute atomic E-state index is 0.0452. The van der Waals surface area contributed by atoms with Gasteiger partial charge in [0, 0.05) is 24.9 Å². The number of anilines is 1. The number of nitrogens with zero attached hydrogens (tertiary/aromatic N) is 2. The normalized spacial score (nSPS) is 20.6. The number of quaternary nitrogens is 1. The van der Waals surface area contributed by atoms with E-state index in [1.54, 1.807) is 6.08 Å². The fourth-order valence-corrected chi connectivity index (χ4v) is 3.49. The third-order valence-corrected chi connectivity index (χ3v) is 5.18. The lowest BCUT2D eigenvalue weighted by Gasteiger charge is -2.29. The monoisotopic (exact) mass is 343 g/mol. The summed E-state index contributed by atoms with van der Waals surface area (Å²) < 4.78 is 0. The van der Waals surface area contributed by atoms with E-state index in [0.717, 1.165) is 44.8 Å². The van der Waals surface area contributed by atoms with Gasteiger partial charge in [-0.1, -0.05) is 25.0 Å². The second-order valence-corrected chi connectivity index (χ2v) is 7.25. The lowest BCUT2D eigenvalue weighted by atomic mass is 10.1. The van der Waals surface area contributed by atoms with E-state index in [1.165, 1.54) is 36.3 Å². The quantitative estimate of drug-likeness (QED) is 0.800. The van der Waals surface area contributed by atoms with Gasteiger partial charge in [-0.3, -0.25) is 10.2 Å². The minimum Gasteiger partial charge on any atom is -0.372 e. The van der Waals surface area contributed by atoms with Crippen LogP contribution in [0.3, 0.4) is 0 Å². The highest BCUT2D eigenvalue weighted by Crippen LogP contribution is 2.20. The van der Waals surface area contributed by atoms with E-state index < -0.39 is 0 Å². The highest BCUT2D eigenvalue weighted by molar-refractivity contribution is 5.91. The van der Waals surface area contributed by atoms with Crippen molar-refractivity contribution in [2.75, 3.05) is 51.2 Å². The first kappa shape index (κ1) is 18.0. The van der Waals surface area contributed by atoms with E-state index in [-0.39, 0.29) is 5.91 Å². The van der Waals surface area contributed by atoms with E-state index in [2.05, 4.69) is 41.6 Å². The molecule has 1 aromatic rings. The smallest absolute Gasteiger partial charge is 0.258 e. The summed E-state index contributed by atoms with van der Waals surface area (Å²) in [4.78, 5) is 16.1. The van der Waals surface area contributed by atoms with Crippen molar-refractivity contribution in [3.8, 4) is 0 Å². The number of hydrogen-bond acceptors (Lipinski definition) is 3. The molecular weight excluding hydrogens is 312 g/mol. The number of carbonyl (C=O) groups is 1. The van der Waals surface area contributed by atoms with Gasteiger partial charge in [-0.05, 0) is 36.6 Å². The lowest BCUT2D eigenvalue weighted by molar-refractivity contribution is -0.884. The third kappa shape index (κ3) is 5.58. The van der Waals surface area contributed by atoms with Gasteiger partial charge in [0.05, 0.1) is 33.2 Å². The Morgan fingerprint density at radius 1 is 1.00 bits per heavy atom. The number of likely N-dealkylation sites (N-methyl/N-ethyl adjacent to an activating group) is 1. The Bertz CT molecular complexity index is 568. The number of rotatable bonds is 4. The average Bonchev–Trinajstić information content (AvgIpc) is 2.92. The Kier molecular flexibility index (Phi) is 6.48. The molecule has 2 heterocycles. The molecule has 0 aromatic heterocycles. The zero-order chi connectivity index (χ0) is 17.5. The molecule has 136 valence electrons. The number of carbonyl (C=O) groups excluding carboxylic acids is 1. The summed E-state index contributed by atoms with van der Waals surface area (Å²) in [5, 5.41) is 2.02. The molecule has 2 saturated heterocycles. The van der Waals surface area contributed by atoms with E-state index in [1.807, 2.05) is 11.1 Å². The first-order valence-corrected chi connectivity index (χ1v) is 9.61. The number of nitrogens with one attached hydrogen (secondary N) is 2. The van der Waals surface area contributed by atoms with Crippen molar-refractivity contribution in [2.45, 2.75) is 25.7 Å². The second-order valence-electron chi connectivity index (χ2n) is 7.25. The van der Waals surface area contributed by atoms with Gasteiger partial charge in [0.15, 0.2) is 0 Å². The molecule has 1 aromatic carbocycles. The molecule has 0 atom stereocenters. The van der Waals surface area contributed by atoms with E-state index in [0.29, 0.717) is 0 Å². The van der Waals surface area contributed by atoms with Crippen LogP contribution in [0.4, 0.5) is 5.69 Å². The zero-order valence-corrected chi connectivity index (χ0v) is 15.3. The lowest BCUT2D eigenvalue weighted by Crippen LogP contribution is -3.12. The maximum atomic E-state index is 12.1. The van der Waals surface area contributed by atoms with Crippen LogP contribution >= 0.6 is 0 Å². The molecule has 3 rings (SSSR count). The van der Waals surface area contributed by atoms with Crippen LogP contribution in [-0.2, 0) is 4.79 Å². The molecular formula is C20H31N4O+. The van der Waals surface area contributed by atoms with Crippen LogP contribution in [0.1, 0.15) is 31.2 Å². The van der Waals surface area contributed by atoms with Crippen molar-refractivity contribution in [1.82, 2.24) is 10.4 Å². The molecule has 25 heavy (non-hydrogen) atoms. The minimum atomic E-state index is -0.0452. The number of benzene rings is 1. The van der Waals surface area contributed by atoms with Crippen LogP contribution in [0, 0.1) is 0 Å². The second kappa shape index (κ2) is 9.02. The molecule has 2 fully saturated rings. The van der Waals surface area contributed by atoms with Gasteiger partial charge in [-0.2, -0.15) is 0 Å². The van der Waals surface area contributed by atoms with Crippen molar-refractivity contribution in [3.05, 3.63) is 35.9 Å². The zero-order valence-electron chi connectivity index (χ0n) is 15.3. The number of amides is 1. The van der Waals surface area contributed by atoms with Crippen molar-refractivity contribution >= 4 is 17.7 Å². The highest BCUT2D eigenvalue weighted by Gasteiger charge is 2.17. The van der Waals surface area contributed by atoms with Crippen LogP contribution in [-0.4, -0.2) is 57.2 Å².